The van der Waals surface area contributed by atoms with E-state index in [1.807, 2.05) is 13.8 Å². The van der Waals surface area contributed by atoms with Gasteiger partial charge in [0.05, 0.1) is 10.6 Å². The molecule has 0 saturated heterocycles. The lowest BCUT2D eigenvalue weighted by Crippen LogP contribution is -2.00. The Kier molecular flexibility index (Phi) is 1.92. The van der Waals surface area contributed by atoms with Gasteiger partial charge in [-0.3, -0.25) is 4.98 Å². The van der Waals surface area contributed by atoms with E-state index in [0.29, 0.717) is 10.8 Å². The van der Waals surface area contributed by atoms with Gasteiger partial charge in [0, 0.05) is 4.88 Å². The molecule has 0 bridgehead atoms. The van der Waals surface area contributed by atoms with E-state index in [-0.39, 0.29) is 5.69 Å². The second-order valence-corrected chi connectivity index (χ2v) is 4.31. The van der Waals surface area contributed by atoms with Gasteiger partial charge in [0.2, 0.25) is 0 Å². The Morgan fingerprint density at radius 1 is 1.43 bits per heavy atom. The minimum Gasteiger partial charge on any atom is -0.390 e. The number of hydrogen-bond donors (Lipinski definition) is 3. The van der Waals surface area contributed by atoms with E-state index in [1.54, 1.807) is 0 Å². The van der Waals surface area contributed by atoms with Crippen LogP contribution in [0.5, 0.6) is 0 Å². The molecule has 74 valence electrons. The van der Waals surface area contributed by atoms with Crippen LogP contribution in [0.1, 0.15) is 10.4 Å². The van der Waals surface area contributed by atoms with Crippen molar-refractivity contribution in [2.24, 2.45) is 0 Å². The predicted octanol–water partition coefficient (Wildman–Crippen LogP) is 1.03. The average molecular weight is 210 g/mol. The Morgan fingerprint density at radius 2 is 2.14 bits per heavy atom. The van der Waals surface area contributed by atoms with Crippen LogP contribution >= 0.6 is 11.3 Å². The zero-order valence-electron chi connectivity index (χ0n) is 7.84. The van der Waals surface area contributed by atoms with Crippen LogP contribution in [0.4, 0.5) is 5.00 Å². The molecule has 0 aliphatic rings. The molecule has 0 atom stereocenters. The Morgan fingerprint density at radius 3 is 2.57 bits per heavy atom. The number of nitrogens with one attached hydrogen (secondary N) is 2. The monoisotopic (exact) mass is 210 g/mol. The van der Waals surface area contributed by atoms with Crippen molar-refractivity contribution in [3.8, 4) is 11.4 Å². The van der Waals surface area contributed by atoms with Crippen molar-refractivity contribution >= 4 is 16.3 Å². The van der Waals surface area contributed by atoms with Gasteiger partial charge in [-0.05, 0) is 19.4 Å². The number of thiophene rings is 1. The Bertz CT molecular complexity index is 522. The first-order valence-electron chi connectivity index (χ1n) is 4.10. The molecule has 0 aliphatic carbocycles. The predicted molar refractivity (Wildman–Crippen MR) is 56.4 cm³/mol. The molecule has 0 aromatic carbocycles. The first-order chi connectivity index (χ1) is 6.59. The van der Waals surface area contributed by atoms with Crippen LogP contribution < -0.4 is 11.4 Å². The summed E-state index contributed by atoms with van der Waals surface area (Å²) in [6.45, 7) is 3.95. The van der Waals surface area contributed by atoms with Gasteiger partial charge in [-0.2, -0.15) is 5.10 Å². The lowest BCUT2D eigenvalue weighted by atomic mass is 10.1. The summed E-state index contributed by atoms with van der Waals surface area (Å²) in [4.78, 5) is 14.6. The van der Waals surface area contributed by atoms with E-state index < -0.39 is 0 Å². The summed E-state index contributed by atoms with van der Waals surface area (Å²) in [6, 6.07) is 0. The molecular weight excluding hydrogens is 200 g/mol. The number of aryl methyl sites for hydroxylation is 1. The van der Waals surface area contributed by atoms with E-state index in [2.05, 4.69) is 15.2 Å². The van der Waals surface area contributed by atoms with Crippen LogP contribution in [-0.4, -0.2) is 15.2 Å². The molecule has 2 aromatic rings. The molecule has 2 heterocycles. The number of rotatable bonds is 1. The smallest absolute Gasteiger partial charge is 0.340 e. The maximum Gasteiger partial charge on any atom is 0.340 e. The van der Waals surface area contributed by atoms with Crippen molar-refractivity contribution in [2.75, 3.05) is 5.73 Å². The molecule has 0 aliphatic heterocycles. The van der Waals surface area contributed by atoms with E-state index in [0.717, 1.165) is 16.0 Å². The molecule has 5 nitrogen and oxygen atoms in total. The summed E-state index contributed by atoms with van der Waals surface area (Å²) in [7, 11) is 0. The van der Waals surface area contributed by atoms with Gasteiger partial charge < -0.3 is 5.73 Å². The molecule has 4 N–H and O–H groups in total. The molecule has 0 unspecified atom stereocenters. The number of hydrogen-bond acceptors (Lipinski definition) is 4. The van der Waals surface area contributed by atoms with Gasteiger partial charge >= 0.3 is 5.69 Å². The standard InChI is InChI=1S/C8H10N4OS/c1-3-4(2)14-6(9)5(3)7-10-8(13)12-11-7/h9H2,1-2H3,(H2,10,11,12,13). The maximum atomic E-state index is 10.9. The highest BCUT2D eigenvalue weighted by Crippen LogP contribution is 2.35. The third-order valence-corrected chi connectivity index (χ3v) is 3.19. The molecule has 0 amide bonds. The molecule has 2 rings (SSSR count). The van der Waals surface area contributed by atoms with Crippen LogP contribution in [0, 0.1) is 13.8 Å². The van der Waals surface area contributed by atoms with Crippen molar-refractivity contribution in [1.82, 2.24) is 15.2 Å². The van der Waals surface area contributed by atoms with Crippen LogP contribution in [0.2, 0.25) is 0 Å². The second-order valence-electron chi connectivity index (χ2n) is 3.05. The Hall–Kier alpha value is -1.56. The lowest BCUT2D eigenvalue weighted by molar-refractivity contribution is 1.05. The molecule has 6 heteroatoms. The molecule has 2 aromatic heterocycles. The van der Waals surface area contributed by atoms with Crippen LogP contribution in [-0.2, 0) is 0 Å². The molecule has 0 saturated carbocycles. The zero-order chi connectivity index (χ0) is 10.3. The van der Waals surface area contributed by atoms with E-state index >= 15 is 0 Å². The fourth-order valence-electron chi connectivity index (χ4n) is 1.34. The quantitative estimate of drug-likeness (QED) is 0.656. The number of nitrogens with two attached hydrogens (primary N) is 1. The highest BCUT2D eigenvalue weighted by Gasteiger charge is 2.14. The number of anilines is 1. The normalized spacial score (nSPS) is 10.7. The lowest BCUT2D eigenvalue weighted by Gasteiger charge is -1.95. The molecular formula is C8H10N4OS. The van der Waals surface area contributed by atoms with Crippen molar-refractivity contribution in [1.29, 1.82) is 0 Å². The third-order valence-electron chi connectivity index (χ3n) is 2.15. The van der Waals surface area contributed by atoms with E-state index in [4.69, 9.17) is 5.73 Å². The van der Waals surface area contributed by atoms with Crippen molar-refractivity contribution < 1.29 is 0 Å². The minimum absolute atomic E-state index is 0.317. The van der Waals surface area contributed by atoms with Crippen molar-refractivity contribution in [3.05, 3.63) is 20.9 Å². The Labute approximate surface area is 84.0 Å². The topological polar surface area (TPSA) is 87.6 Å². The van der Waals surface area contributed by atoms with Gasteiger partial charge in [-0.1, -0.05) is 0 Å². The summed E-state index contributed by atoms with van der Waals surface area (Å²) in [5, 5.41) is 6.86. The summed E-state index contributed by atoms with van der Waals surface area (Å²) < 4.78 is 0. The fraction of sp³-hybridized carbons (Fsp3) is 0.250. The summed E-state index contributed by atoms with van der Waals surface area (Å²) in [6.07, 6.45) is 0. The largest absolute Gasteiger partial charge is 0.390 e. The maximum absolute atomic E-state index is 10.9. The number of nitrogens with zero attached hydrogens (tertiary/aromatic N) is 1. The van der Waals surface area contributed by atoms with Gasteiger partial charge in [0.15, 0.2) is 5.82 Å². The fourth-order valence-corrected chi connectivity index (χ4v) is 2.27. The van der Waals surface area contributed by atoms with Gasteiger partial charge in [0.1, 0.15) is 0 Å². The number of aromatic nitrogens is 3. The highest BCUT2D eigenvalue weighted by molar-refractivity contribution is 7.16. The van der Waals surface area contributed by atoms with E-state index in [9.17, 15) is 4.79 Å². The molecule has 0 fully saturated rings. The molecule has 0 radical (unpaired) electrons. The highest BCUT2D eigenvalue weighted by atomic mass is 32.1. The molecule has 0 spiro atoms. The number of aromatic amines is 2. The van der Waals surface area contributed by atoms with Gasteiger partial charge in [0.25, 0.3) is 0 Å². The third kappa shape index (κ3) is 1.24. The van der Waals surface area contributed by atoms with Crippen molar-refractivity contribution in [2.45, 2.75) is 13.8 Å². The van der Waals surface area contributed by atoms with Crippen LogP contribution in [0.3, 0.4) is 0 Å². The van der Waals surface area contributed by atoms with Crippen molar-refractivity contribution in [3.63, 3.8) is 0 Å². The van der Waals surface area contributed by atoms with Gasteiger partial charge in [-0.25, -0.2) is 9.89 Å². The first kappa shape index (κ1) is 9.01. The van der Waals surface area contributed by atoms with Crippen LogP contribution in [0.25, 0.3) is 11.4 Å². The zero-order valence-corrected chi connectivity index (χ0v) is 8.66. The van der Waals surface area contributed by atoms with Crippen LogP contribution in [0.15, 0.2) is 4.79 Å². The SMILES string of the molecule is Cc1sc(N)c(-c2n[nH]c(=O)[nH]2)c1C. The summed E-state index contributed by atoms with van der Waals surface area (Å²) in [5.74, 6) is 0.509. The molecule has 14 heavy (non-hydrogen) atoms. The van der Waals surface area contributed by atoms with Gasteiger partial charge in [-0.15, -0.1) is 11.3 Å². The second kappa shape index (κ2) is 2.98. The first-order valence-corrected chi connectivity index (χ1v) is 4.91. The summed E-state index contributed by atoms with van der Waals surface area (Å²) >= 11 is 1.50. The minimum atomic E-state index is -0.317. The average Bonchev–Trinajstić information content (AvgIpc) is 2.60. The van der Waals surface area contributed by atoms with E-state index in [1.165, 1.54) is 11.3 Å². The summed E-state index contributed by atoms with van der Waals surface area (Å²) in [5.41, 5.74) is 7.40. The number of H-pyrrole nitrogens is 2. The Balaban J connectivity index is 2.67. The number of nitrogen functional groups attached to an aromatic ring is 1.